The molecule has 1 heterocycles. The minimum absolute atomic E-state index is 0.0273. The number of rotatable bonds is 3. The van der Waals surface area contributed by atoms with Crippen molar-refractivity contribution in [1.82, 2.24) is 0 Å². The van der Waals surface area contributed by atoms with E-state index in [-0.39, 0.29) is 29.1 Å². The van der Waals surface area contributed by atoms with Crippen LogP contribution in [0.1, 0.15) is 39.9 Å². The summed E-state index contributed by atoms with van der Waals surface area (Å²) < 4.78 is 0. The number of benzene rings is 2. The second kappa shape index (κ2) is 5.73. The molecule has 2 aliphatic rings. The lowest BCUT2D eigenvalue weighted by atomic mass is 9.75. The molecule has 0 amide bonds. The fraction of sp³-hybridized carbons (Fsp3) is 0.211. The van der Waals surface area contributed by atoms with Gasteiger partial charge < -0.3 is 10.4 Å². The van der Waals surface area contributed by atoms with Gasteiger partial charge in [0.25, 0.3) is 5.69 Å². The fourth-order valence-corrected chi connectivity index (χ4v) is 4.02. The Morgan fingerprint density at radius 1 is 1.20 bits per heavy atom. The number of allylic oxidation sites excluding steroid dienone is 2. The lowest BCUT2D eigenvalue weighted by Gasteiger charge is -2.37. The van der Waals surface area contributed by atoms with Gasteiger partial charge in [-0.2, -0.15) is 0 Å². The van der Waals surface area contributed by atoms with Gasteiger partial charge in [0.05, 0.1) is 27.8 Å². The van der Waals surface area contributed by atoms with E-state index in [1.165, 1.54) is 12.1 Å². The molecule has 0 aromatic heterocycles. The molecule has 1 aliphatic carbocycles. The Bertz CT molecular complexity index is 892. The molecular weight excluding hydrogens is 320 g/mol. The lowest BCUT2D eigenvalue weighted by Crippen LogP contribution is -2.30. The van der Waals surface area contributed by atoms with Crippen LogP contribution >= 0.6 is 0 Å². The number of nitrogens with zero attached hydrogens (tertiary/aromatic N) is 1. The molecule has 2 N–H and O–H groups in total. The van der Waals surface area contributed by atoms with Crippen LogP contribution in [0.25, 0.3) is 0 Å². The van der Waals surface area contributed by atoms with Crippen LogP contribution in [0.5, 0.6) is 0 Å². The number of nitrogens with one attached hydrogen (secondary N) is 1. The van der Waals surface area contributed by atoms with Gasteiger partial charge in [-0.1, -0.05) is 42.5 Å². The van der Waals surface area contributed by atoms with Crippen molar-refractivity contribution in [3.8, 4) is 0 Å². The van der Waals surface area contributed by atoms with Gasteiger partial charge in [-0.05, 0) is 24.0 Å². The Morgan fingerprint density at radius 3 is 2.64 bits per heavy atom. The Hall–Kier alpha value is -3.15. The molecule has 3 atom stereocenters. The number of nitro benzene ring substituents is 1. The summed E-state index contributed by atoms with van der Waals surface area (Å²) in [5, 5.41) is 24.3. The number of aromatic carboxylic acids is 1. The van der Waals surface area contributed by atoms with Gasteiger partial charge in [-0.3, -0.25) is 10.1 Å². The number of nitro groups is 1. The minimum Gasteiger partial charge on any atom is -0.478 e. The van der Waals surface area contributed by atoms with Crippen molar-refractivity contribution in [2.24, 2.45) is 5.92 Å². The first-order valence-corrected chi connectivity index (χ1v) is 8.10. The highest BCUT2D eigenvalue weighted by Crippen LogP contribution is 2.53. The SMILES string of the molecule is O=C(O)c1ccc([N+](=O)[O-])c2c1NC(c1ccccc1)C1CC=CC21. The van der Waals surface area contributed by atoms with Gasteiger partial charge in [0, 0.05) is 12.0 Å². The molecule has 25 heavy (non-hydrogen) atoms. The van der Waals surface area contributed by atoms with Crippen molar-refractivity contribution in [3.63, 3.8) is 0 Å². The zero-order valence-corrected chi connectivity index (χ0v) is 13.3. The molecule has 1 aliphatic heterocycles. The van der Waals surface area contributed by atoms with Crippen LogP contribution in [0.3, 0.4) is 0 Å². The Balaban J connectivity index is 1.93. The standard InChI is InChI=1S/C19H16N2O4/c22-19(23)14-9-10-15(21(24)25)16-12-7-4-8-13(12)17(20-18(14)16)11-5-2-1-3-6-11/h1-7,9-10,12-13,17,20H,8H2,(H,22,23). The molecule has 0 bridgehead atoms. The molecular formula is C19H16N2O4. The molecule has 2 aromatic carbocycles. The summed E-state index contributed by atoms with van der Waals surface area (Å²) in [6, 6.07) is 12.3. The minimum atomic E-state index is -1.09. The van der Waals surface area contributed by atoms with Gasteiger partial charge in [-0.25, -0.2) is 4.79 Å². The van der Waals surface area contributed by atoms with Gasteiger partial charge in [0.15, 0.2) is 0 Å². The van der Waals surface area contributed by atoms with E-state index in [2.05, 4.69) is 5.32 Å². The zero-order chi connectivity index (χ0) is 17.6. The van der Waals surface area contributed by atoms with Crippen LogP contribution in [0.15, 0.2) is 54.6 Å². The monoisotopic (exact) mass is 336 g/mol. The highest BCUT2D eigenvalue weighted by atomic mass is 16.6. The van der Waals surface area contributed by atoms with Crippen LogP contribution in [0, 0.1) is 16.0 Å². The van der Waals surface area contributed by atoms with E-state index >= 15 is 0 Å². The van der Waals surface area contributed by atoms with Crippen LogP contribution in [-0.2, 0) is 0 Å². The van der Waals surface area contributed by atoms with Crippen molar-refractivity contribution in [3.05, 3.63) is 81.4 Å². The third-order valence-corrected chi connectivity index (χ3v) is 5.08. The fourth-order valence-electron chi connectivity index (χ4n) is 4.02. The van der Waals surface area contributed by atoms with Gasteiger partial charge >= 0.3 is 5.97 Å². The first kappa shape index (κ1) is 15.4. The summed E-state index contributed by atoms with van der Waals surface area (Å²) in [7, 11) is 0. The highest BCUT2D eigenvalue weighted by Gasteiger charge is 2.43. The molecule has 0 radical (unpaired) electrons. The van der Waals surface area contributed by atoms with Gasteiger partial charge in [0.2, 0.25) is 0 Å². The number of carbonyl (C=O) groups is 1. The highest BCUT2D eigenvalue weighted by molar-refractivity contribution is 5.97. The number of hydrogen-bond acceptors (Lipinski definition) is 4. The van der Waals surface area contributed by atoms with Crippen molar-refractivity contribution in [2.75, 3.05) is 5.32 Å². The third-order valence-electron chi connectivity index (χ3n) is 5.08. The molecule has 0 saturated heterocycles. The first-order chi connectivity index (χ1) is 12.1. The Kier molecular flexibility index (Phi) is 3.53. The average Bonchev–Trinajstić information content (AvgIpc) is 3.10. The summed E-state index contributed by atoms with van der Waals surface area (Å²) in [6.07, 6.45) is 4.79. The maximum atomic E-state index is 11.7. The molecule has 2 aromatic rings. The molecule has 0 spiro atoms. The zero-order valence-electron chi connectivity index (χ0n) is 13.3. The van der Waals surface area contributed by atoms with Crippen LogP contribution < -0.4 is 5.32 Å². The topological polar surface area (TPSA) is 92.5 Å². The molecule has 0 saturated carbocycles. The maximum Gasteiger partial charge on any atom is 0.337 e. The van der Waals surface area contributed by atoms with E-state index in [1.807, 2.05) is 42.5 Å². The van der Waals surface area contributed by atoms with Crippen molar-refractivity contribution < 1.29 is 14.8 Å². The molecule has 6 heteroatoms. The van der Waals surface area contributed by atoms with E-state index in [4.69, 9.17) is 0 Å². The van der Waals surface area contributed by atoms with E-state index in [1.54, 1.807) is 0 Å². The smallest absolute Gasteiger partial charge is 0.337 e. The summed E-state index contributed by atoms with van der Waals surface area (Å²) in [5.74, 6) is -1.13. The summed E-state index contributed by atoms with van der Waals surface area (Å²) >= 11 is 0. The lowest BCUT2D eigenvalue weighted by molar-refractivity contribution is -0.385. The predicted octanol–water partition coefficient (Wildman–Crippen LogP) is 4.12. The number of carboxylic acids is 1. The molecule has 126 valence electrons. The van der Waals surface area contributed by atoms with Crippen molar-refractivity contribution in [1.29, 1.82) is 0 Å². The largest absolute Gasteiger partial charge is 0.478 e. The van der Waals surface area contributed by atoms with E-state index < -0.39 is 10.9 Å². The summed E-state index contributed by atoms with van der Waals surface area (Å²) in [5.41, 5.74) is 1.94. The molecule has 3 unspecified atom stereocenters. The summed E-state index contributed by atoms with van der Waals surface area (Å²) in [6.45, 7) is 0. The van der Waals surface area contributed by atoms with Crippen LogP contribution in [-0.4, -0.2) is 16.0 Å². The van der Waals surface area contributed by atoms with Crippen molar-refractivity contribution in [2.45, 2.75) is 18.4 Å². The molecule has 6 nitrogen and oxygen atoms in total. The third kappa shape index (κ3) is 2.38. The van der Waals surface area contributed by atoms with E-state index in [0.717, 1.165) is 12.0 Å². The second-order valence-electron chi connectivity index (χ2n) is 6.37. The number of fused-ring (bicyclic) bond motifs is 3. The predicted molar refractivity (Wildman–Crippen MR) is 92.8 cm³/mol. The first-order valence-electron chi connectivity index (χ1n) is 8.10. The normalized spacial score (nSPS) is 23.4. The number of carboxylic acid groups (broad SMARTS) is 1. The number of anilines is 1. The quantitative estimate of drug-likeness (QED) is 0.500. The average molecular weight is 336 g/mol. The summed E-state index contributed by atoms with van der Waals surface area (Å²) in [4.78, 5) is 22.7. The Morgan fingerprint density at radius 2 is 1.96 bits per heavy atom. The van der Waals surface area contributed by atoms with E-state index in [9.17, 15) is 20.0 Å². The molecule has 4 rings (SSSR count). The molecule has 0 fully saturated rings. The second-order valence-corrected chi connectivity index (χ2v) is 6.37. The van der Waals surface area contributed by atoms with Crippen LogP contribution in [0.4, 0.5) is 11.4 Å². The van der Waals surface area contributed by atoms with E-state index in [0.29, 0.717) is 11.3 Å². The van der Waals surface area contributed by atoms with Crippen LogP contribution in [0.2, 0.25) is 0 Å². The van der Waals surface area contributed by atoms with Crippen molar-refractivity contribution >= 4 is 17.3 Å². The Labute approximate surface area is 144 Å². The van der Waals surface area contributed by atoms with Gasteiger partial charge in [0.1, 0.15) is 0 Å². The van der Waals surface area contributed by atoms with Gasteiger partial charge in [-0.15, -0.1) is 0 Å². The maximum absolute atomic E-state index is 11.7. The number of hydrogen-bond donors (Lipinski definition) is 2.